The maximum Gasteiger partial charge on any atom is 0.171 e. The van der Waals surface area contributed by atoms with Crippen molar-refractivity contribution in [2.75, 3.05) is 5.32 Å². The molecule has 2 heterocycles. The van der Waals surface area contributed by atoms with E-state index < -0.39 is 0 Å². The van der Waals surface area contributed by atoms with Gasteiger partial charge in [0.2, 0.25) is 0 Å². The summed E-state index contributed by atoms with van der Waals surface area (Å²) in [6, 6.07) is 9.47. The summed E-state index contributed by atoms with van der Waals surface area (Å²) in [6.07, 6.45) is 9.53. The van der Waals surface area contributed by atoms with Gasteiger partial charge in [0.25, 0.3) is 0 Å². The molecule has 3 fully saturated rings. The van der Waals surface area contributed by atoms with E-state index >= 15 is 0 Å². The first kappa shape index (κ1) is 16.3. The van der Waals surface area contributed by atoms with E-state index in [2.05, 4.69) is 47.6 Å². The number of hydrogen-bond donors (Lipinski definition) is 2. The Balaban J connectivity index is 1.37. The lowest BCUT2D eigenvalue weighted by atomic mass is 9.81. The van der Waals surface area contributed by atoms with E-state index in [0.29, 0.717) is 6.04 Å². The summed E-state index contributed by atoms with van der Waals surface area (Å²) in [4.78, 5) is 2.86. The highest BCUT2D eigenvalue weighted by molar-refractivity contribution is 7.80. The third-order valence-corrected chi connectivity index (χ3v) is 6.20. The average Bonchev–Trinajstić information content (AvgIpc) is 3.34. The van der Waals surface area contributed by atoms with Crippen LogP contribution in [0.1, 0.15) is 56.1 Å². The summed E-state index contributed by atoms with van der Waals surface area (Å²) in [5.74, 6) is 0. The van der Waals surface area contributed by atoms with Gasteiger partial charge in [-0.05, 0) is 81.8 Å². The van der Waals surface area contributed by atoms with Gasteiger partial charge in [-0.25, -0.2) is 0 Å². The second-order valence-corrected chi connectivity index (χ2v) is 8.41. The van der Waals surface area contributed by atoms with Crippen molar-refractivity contribution in [3.8, 4) is 0 Å². The molecule has 2 saturated heterocycles. The minimum Gasteiger partial charge on any atom is -0.360 e. The van der Waals surface area contributed by atoms with Crippen LogP contribution in [0.5, 0.6) is 0 Å². The molecule has 2 atom stereocenters. The normalized spacial score (nSPS) is 30.0. The van der Waals surface area contributed by atoms with Gasteiger partial charge in [0.05, 0.1) is 0 Å². The number of nitrogens with one attached hydrogen (secondary N) is 2. The van der Waals surface area contributed by atoms with E-state index in [-0.39, 0.29) is 0 Å². The molecule has 2 bridgehead atoms. The van der Waals surface area contributed by atoms with Crippen LogP contribution >= 0.6 is 12.2 Å². The molecule has 0 aromatic heterocycles. The number of fused-ring (bicyclic) bond motifs is 2. The predicted octanol–water partition coefficient (Wildman–Crippen LogP) is 4.14. The summed E-state index contributed by atoms with van der Waals surface area (Å²) in [5, 5.41) is 7.82. The molecule has 1 aromatic rings. The Labute approximate surface area is 151 Å². The quantitative estimate of drug-likeness (QED) is 0.807. The van der Waals surface area contributed by atoms with Gasteiger partial charge < -0.3 is 10.6 Å². The molecule has 0 amide bonds. The van der Waals surface area contributed by atoms with Crippen LogP contribution in [0.2, 0.25) is 0 Å². The molecule has 0 spiro atoms. The first-order chi connectivity index (χ1) is 11.6. The number of anilines is 1. The van der Waals surface area contributed by atoms with Gasteiger partial charge in [0.1, 0.15) is 0 Å². The van der Waals surface area contributed by atoms with Crippen LogP contribution in [-0.2, 0) is 0 Å². The zero-order valence-corrected chi connectivity index (χ0v) is 15.7. The number of benzene rings is 1. The molecule has 1 aromatic carbocycles. The third kappa shape index (κ3) is 3.45. The molecule has 24 heavy (non-hydrogen) atoms. The molecule has 2 N–H and O–H groups in total. The maximum atomic E-state index is 5.61. The molecular formula is C20H29N3S. The Kier molecular flexibility index (Phi) is 4.52. The molecule has 130 valence electrons. The van der Waals surface area contributed by atoms with Crippen molar-refractivity contribution in [2.24, 2.45) is 0 Å². The second kappa shape index (κ2) is 6.64. The van der Waals surface area contributed by atoms with Gasteiger partial charge in [0, 0.05) is 29.9 Å². The Morgan fingerprint density at radius 1 is 1.04 bits per heavy atom. The minimum absolute atomic E-state index is 0.528. The zero-order valence-electron chi connectivity index (χ0n) is 14.8. The molecule has 2 unspecified atom stereocenters. The fourth-order valence-electron chi connectivity index (χ4n) is 4.72. The molecule has 0 radical (unpaired) electrons. The van der Waals surface area contributed by atoms with Crippen LogP contribution in [0.3, 0.4) is 0 Å². The average molecular weight is 344 g/mol. The first-order valence-corrected chi connectivity index (χ1v) is 9.93. The smallest absolute Gasteiger partial charge is 0.171 e. The second-order valence-electron chi connectivity index (χ2n) is 8.00. The van der Waals surface area contributed by atoms with Gasteiger partial charge in [-0.15, -0.1) is 0 Å². The Morgan fingerprint density at radius 2 is 1.75 bits per heavy atom. The Morgan fingerprint density at radius 3 is 2.42 bits per heavy atom. The van der Waals surface area contributed by atoms with E-state index in [1.54, 1.807) is 0 Å². The van der Waals surface area contributed by atoms with Crippen LogP contribution in [0.4, 0.5) is 5.69 Å². The number of rotatable bonds is 3. The van der Waals surface area contributed by atoms with Crippen LogP contribution < -0.4 is 10.6 Å². The van der Waals surface area contributed by atoms with Crippen LogP contribution in [0.15, 0.2) is 18.2 Å². The molecular weight excluding hydrogens is 314 g/mol. The lowest BCUT2D eigenvalue weighted by molar-refractivity contribution is 0.0209. The van der Waals surface area contributed by atoms with Crippen molar-refractivity contribution < 1.29 is 0 Å². The number of piperidine rings is 2. The molecule has 2 aliphatic heterocycles. The van der Waals surface area contributed by atoms with Crippen molar-refractivity contribution in [2.45, 2.75) is 83.0 Å². The molecule has 3 aliphatic rings. The topological polar surface area (TPSA) is 27.3 Å². The summed E-state index contributed by atoms with van der Waals surface area (Å²) >= 11 is 5.61. The third-order valence-electron chi connectivity index (χ3n) is 5.98. The highest BCUT2D eigenvalue weighted by Gasteiger charge is 2.44. The lowest BCUT2D eigenvalue weighted by Crippen LogP contribution is -2.57. The van der Waals surface area contributed by atoms with Gasteiger partial charge >= 0.3 is 0 Å². The summed E-state index contributed by atoms with van der Waals surface area (Å²) < 4.78 is 0. The fraction of sp³-hybridized carbons (Fsp3) is 0.650. The van der Waals surface area contributed by atoms with Gasteiger partial charge in [-0.1, -0.05) is 18.6 Å². The Bertz CT molecular complexity index is 611. The van der Waals surface area contributed by atoms with Crippen molar-refractivity contribution in [1.29, 1.82) is 0 Å². The predicted molar refractivity (Wildman–Crippen MR) is 105 cm³/mol. The van der Waals surface area contributed by atoms with Gasteiger partial charge in [-0.3, -0.25) is 4.90 Å². The van der Waals surface area contributed by atoms with E-state index in [1.165, 1.54) is 56.1 Å². The van der Waals surface area contributed by atoms with E-state index in [9.17, 15) is 0 Å². The summed E-state index contributed by atoms with van der Waals surface area (Å²) in [7, 11) is 0. The van der Waals surface area contributed by atoms with E-state index in [0.717, 1.165) is 28.9 Å². The first-order valence-electron chi connectivity index (χ1n) is 9.52. The molecule has 1 aliphatic carbocycles. The zero-order chi connectivity index (χ0) is 16.7. The molecule has 4 rings (SSSR count). The van der Waals surface area contributed by atoms with Gasteiger partial charge in [-0.2, -0.15) is 0 Å². The molecule has 4 heteroatoms. The highest BCUT2D eigenvalue weighted by Crippen LogP contribution is 2.41. The summed E-state index contributed by atoms with van der Waals surface area (Å²) in [6.45, 7) is 4.25. The van der Waals surface area contributed by atoms with Crippen molar-refractivity contribution >= 4 is 23.0 Å². The minimum atomic E-state index is 0.528. The van der Waals surface area contributed by atoms with Crippen molar-refractivity contribution in [3.63, 3.8) is 0 Å². The standard InChI is InChI=1S/C20H29N3S/c1-13-6-7-14(2)19(10-13)22-20(24)21-15-11-17-4-3-5-18(12-15)23(17)16-8-9-16/h6-7,10,15-18H,3-5,8-9,11-12H2,1-2H3,(H2,21,22,24). The van der Waals surface area contributed by atoms with Crippen LogP contribution in [0.25, 0.3) is 0 Å². The summed E-state index contributed by atoms with van der Waals surface area (Å²) in [5.41, 5.74) is 3.63. The van der Waals surface area contributed by atoms with Gasteiger partial charge in [0.15, 0.2) is 5.11 Å². The van der Waals surface area contributed by atoms with Crippen molar-refractivity contribution in [3.05, 3.63) is 29.3 Å². The fourth-order valence-corrected chi connectivity index (χ4v) is 5.00. The van der Waals surface area contributed by atoms with E-state index in [1.807, 2.05) is 0 Å². The Hall–Kier alpha value is -1.13. The van der Waals surface area contributed by atoms with Crippen LogP contribution in [0, 0.1) is 13.8 Å². The maximum absolute atomic E-state index is 5.61. The van der Waals surface area contributed by atoms with E-state index in [4.69, 9.17) is 12.2 Å². The monoisotopic (exact) mass is 343 g/mol. The number of aryl methyl sites for hydroxylation is 2. The highest BCUT2D eigenvalue weighted by atomic mass is 32.1. The SMILES string of the molecule is Cc1ccc(C)c(NC(=S)NC2CC3CCCC(C2)N3C2CC2)c1. The lowest BCUT2D eigenvalue weighted by Gasteiger charge is -2.49. The number of nitrogens with zero attached hydrogens (tertiary/aromatic N) is 1. The van der Waals surface area contributed by atoms with Crippen LogP contribution in [-0.4, -0.2) is 34.2 Å². The number of hydrogen-bond acceptors (Lipinski definition) is 2. The van der Waals surface area contributed by atoms with Crippen molar-refractivity contribution in [1.82, 2.24) is 10.2 Å². The molecule has 1 saturated carbocycles. The molecule has 3 nitrogen and oxygen atoms in total. The number of thiocarbonyl (C=S) groups is 1. The largest absolute Gasteiger partial charge is 0.360 e.